The fourth-order valence-corrected chi connectivity index (χ4v) is 2.47. The highest BCUT2D eigenvalue weighted by molar-refractivity contribution is 5.80. The molecule has 0 fully saturated rings. The third kappa shape index (κ3) is 2.70. The highest BCUT2D eigenvalue weighted by Crippen LogP contribution is 2.27. The van der Waals surface area contributed by atoms with Crippen LogP contribution in [0.25, 0.3) is 22.4 Å². The first-order valence-electron chi connectivity index (χ1n) is 7.18. The van der Waals surface area contributed by atoms with Crippen LogP contribution in [0.1, 0.15) is 19.4 Å². The van der Waals surface area contributed by atoms with Gasteiger partial charge in [0.25, 0.3) is 0 Å². The summed E-state index contributed by atoms with van der Waals surface area (Å²) in [5, 5.41) is 2.75. The summed E-state index contributed by atoms with van der Waals surface area (Å²) in [7, 11) is 0. The van der Waals surface area contributed by atoms with E-state index < -0.39 is 0 Å². The predicted molar refractivity (Wildman–Crippen MR) is 86.4 cm³/mol. The summed E-state index contributed by atoms with van der Waals surface area (Å²) in [6.07, 6.45) is 4.24. The van der Waals surface area contributed by atoms with Gasteiger partial charge in [-0.3, -0.25) is 9.78 Å². The molecule has 2 heterocycles. The normalized spacial score (nSPS) is 11.5. The smallest absolute Gasteiger partial charge is 0.207 e. The lowest BCUT2D eigenvalue weighted by Crippen LogP contribution is -2.32. The Morgan fingerprint density at radius 1 is 1.23 bits per heavy atom. The van der Waals surface area contributed by atoms with E-state index in [1.165, 1.54) is 0 Å². The van der Waals surface area contributed by atoms with Gasteiger partial charge in [-0.25, -0.2) is 4.98 Å². The molecule has 0 atom stereocenters. The summed E-state index contributed by atoms with van der Waals surface area (Å²) < 4.78 is 0. The minimum Gasteiger partial charge on any atom is -0.358 e. The topological polar surface area (TPSA) is 70.7 Å². The van der Waals surface area contributed by atoms with E-state index in [4.69, 9.17) is 0 Å². The maximum Gasteiger partial charge on any atom is 0.207 e. The molecule has 2 aromatic heterocycles. The van der Waals surface area contributed by atoms with Crippen LogP contribution in [0.3, 0.4) is 0 Å². The summed E-state index contributed by atoms with van der Waals surface area (Å²) in [6.45, 7) is 4.78. The second-order valence-electron chi connectivity index (χ2n) is 5.94. The quantitative estimate of drug-likeness (QED) is 0.711. The van der Waals surface area contributed by atoms with Crippen molar-refractivity contribution >= 4 is 17.4 Å². The van der Waals surface area contributed by atoms with E-state index in [0.717, 1.165) is 34.4 Å². The van der Waals surface area contributed by atoms with Crippen LogP contribution in [-0.2, 0) is 10.2 Å². The molecule has 5 nitrogen and oxygen atoms in total. The number of rotatable bonds is 5. The average molecular weight is 294 g/mol. The lowest BCUT2D eigenvalue weighted by Gasteiger charge is -2.24. The van der Waals surface area contributed by atoms with Crippen LogP contribution in [0, 0.1) is 0 Å². The molecular weight excluding hydrogens is 276 g/mol. The summed E-state index contributed by atoms with van der Waals surface area (Å²) in [5.74, 6) is 0.832. The first kappa shape index (κ1) is 14.3. The summed E-state index contributed by atoms with van der Waals surface area (Å²) >= 11 is 0. The van der Waals surface area contributed by atoms with E-state index in [1.54, 1.807) is 12.4 Å². The van der Waals surface area contributed by atoms with Gasteiger partial charge in [-0.05, 0) is 29.8 Å². The lowest BCUT2D eigenvalue weighted by atomic mass is 9.84. The lowest BCUT2D eigenvalue weighted by molar-refractivity contribution is -0.109. The van der Waals surface area contributed by atoms with Crippen molar-refractivity contribution in [3.63, 3.8) is 0 Å². The van der Waals surface area contributed by atoms with Crippen LogP contribution in [0.4, 0.5) is 0 Å². The molecule has 0 aliphatic carbocycles. The molecule has 0 unspecified atom stereocenters. The number of hydrogen-bond acceptors (Lipinski definition) is 3. The van der Waals surface area contributed by atoms with Crippen molar-refractivity contribution in [2.45, 2.75) is 19.3 Å². The van der Waals surface area contributed by atoms with E-state index in [1.807, 2.05) is 18.2 Å². The van der Waals surface area contributed by atoms with Crippen molar-refractivity contribution in [1.29, 1.82) is 0 Å². The predicted octanol–water partition coefficient (Wildman–Crippen LogP) is 2.65. The molecule has 3 aromatic rings. The average Bonchev–Trinajstić information content (AvgIpc) is 2.97. The number of hydrogen-bond donors (Lipinski definition) is 2. The van der Waals surface area contributed by atoms with Crippen molar-refractivity contribution < 1.29 is 4.79 Å². The fourth-order valence-electron chi connectivity index (χ4n) is 2.47. The van der Waals surface area contributed by atoms with Gasteiger partial charge in [0.2, 0.25) is 6.41 Å². The van der Waals surface area contributed by atoms with Crippen LogP contribution in [0.5, 0.6) is 0 Å². The number of carbonyl (C=O) groups excluding carboxylic acids is 1. The Labute approximate surface area is 128 Å². The number of nitrogens with zero attached hydrogens (tertiary/aromatic N) is 2. The monoisotopic (exact) mass is 294 g/mol. The van der Waals surface area contributed by atoms with Crippen molar-refractivity contribution in [2.24, 2.45) is 0 Å². The largest absolute Gasteiger partial charge is 0.358 e. The first-order chi connectivity index (χ1) is 10.6. The Morgan fingerprint density at radius 2 is 2.00 bits per heavy atom. The van der Waals surface area contributed by atoms with Gasteiger partial charge < -0.3 is 10.3 Å². The SMILES string of the molecule is CC(C)(CNC=O)c1ccc2[nH]c(-c3ccncc3)nc2c1. The number of aromatic amines is 1. The standard InChI is InChI=1S/C17H18N4O/c1-17(2,10-19-11-22)13-3-4-14-15(9-13)21-16(20-14)12-5-7-18-8-6-12/h3-9,11H,10H2,1-2H3,(H,19,22)(H,20,21). The molecule has 112 valence electrons. The number of fused-ring (bicyclic) bond motifs is 1. The molecule has 0 bridgehead atoms. The van der Waals surface area contributed by atoms with Crippen LogP contribution >= 0.6 is 0 Å². The Hall–Kier alpha value is -2.69. The summed E-state index contributed by atoms with van der Waals surface area (Å²) in [5.41, 5.74) is 3.92. The summed E-state index contributed by atoms with van der Waals surface area (Å²) in [4.78, 5) is 22.5. The molecule has 0 aliphatic heterocycles. The zero-order valence-electron chi connectivity index (χ0n) is 12.6. The van der Waals surface area contributed by atoms with E-state index in [0.29, 0.717) is 6.54 Å². The van der Waals surface area contributed by atoms with Gasteiger partial charge in [0.05, 0.1) is 11.0 Å². The number of nitrogens with one attached hydrogen (secondary N) is 2. The molecule has 2 N–H and O–H groups in total. The number of H-pyrrole nitrogens is 1. The Bertz CT molecular complexity index is 793. The molecule has 1 aromatic carbocycles. The Kier molecular flexibility index (Phi) is 3.63. The second kappa shape index (κ2) is 5.60. The zero-order valence-corrected chi connectivity index (χ0v) is 12.6. The van der Waals surface area contributed by atoms with Gasteiger partial charge in [-0.15, -0.1) is 0 Å². The number of aromatic nitrogens is 3. The molecule has 0 aliphatic rings. The molecule has 22 heavy (non-hydrogen) atoms. The van der Waals surface area contributed by atoms with Crippen LogP contribution in [-0.4, -0.2) is 27.9 Å². The van der Waals surface area contributed by atoms with E-state index in [2.05, 4.69) is 46.2 Å². The molecule has 0 saturated carbocycles. The maximum atomic E-state index is 10.5. The van der Waals surface area contributed by atoms with Crippen LogP contribution in [0.2, 0.25) is 0 Å². The van der Waals surface area contributed by atoms with E-state index in [-0.39, 0.29) is 5.41 Å². The van der Waals surface area contributed by atoms with E-state index >= 15 is 0 Å². The van der Waals surface area contributed by atoms with Crippen molar-refractivity contribution in [3.05, 3.63) is 48.3 Å². The fraction of sp³-hybridized carbons (Fsp3) is 0.235. The number of imidazole rings is 1. The van der Waals surface area contributed by atoms with Gasteiger partial charge in [0.15, 0.2) is 0 Å². The molecule has 3 rings (SSSR count). The van der Waals surface area contributed by atoms with Gasteiger partial charge >= 0.3 is 0 Å². The maximum absolute atomic E-state index is 10.5. The van der Waals surface area contributed by atoms with Crippen molar-refractivity contribution in [1.82, 2.24) is 20.3 Å². The van der Waals surface area contributed by atoms with Crippen molar-refractivity contribution in [2.75, 3.05) is 6.54 Å². The van der Waals surface area contributed by atoms with Gasteiger partial charge in [-0.2, -0.15) is 0 Å². The van der Waals surface area contributed by atoms with Crippen molar-refractivity contribution in [3.8, 4) is 11.4 Å². The number of amides is 1. The molecule has 1 amide bonds. The zero-order chi connectivity index (χ0) is 15.6. The number of carbonyl (C=O) groups is 1. The minimum atomic E-state index is -0.148. The molecule has 0 radical (unpaired) electrons. The number of benzene rings is 1. The van der Waals surface area contributed by atoms with Crippen LogP contribution < -0.4 is 5.32 Å². The Balaban J connectivity index is 1.98. The van der Waals surface area contributed by atoms with Gasteiger partial charge in [-0.1, -0.05) is 19.9 Å². The third-order valence-electron chi connectivity index (χ3n) is 3.85. The molecule has 5 heteroatoms. The Morgan fingerprint density at radius 3 is 2.73 bits per heavy atom. The third-order valence-corrected chi connectivity index (χ3v) is 3.85. The molecule has 0 spiro atoms. The second-order valence-corrected chi connectivity index (χ2v) is 5.94. The van der Waals surface area contributed by atoms with Gasteiger partial charge in [0.1, 0.15) is 5.82 Å². The summed E-state index contributed by atoms with van der Waals surface area (Å²) in [6, 6.07) is 10.0. The number of pyridine rings is 1. The first-order valence-corrected chi connectivity index (χ1v) is 7.18. The molecular formula is C17H18N4O. The minimum absolute atomic E-state index is 0.148. The highest BCUT2D eigenvalue weighted by atomic mass is 16.1. The van der Waals surface area contributed by atoms with Crippen LogP contribution in [0.15, 0.2) is 42.7 Å². The van der Waals surface area contributed by atoms with E-state index in [9.17, 15) is 4.79 Å². The van der Waals surface area contributed by atoms with Gasteiger partial charge in [0, 0.05) is 29.9 Å². The molecule has 0 saturated heterocycles. The highest BCUT2D eigenvalue weighted by Gasteiger charge is 2.21.